The minimum Gasteiger partial charge on any atom is -0.496 e. The van der Waals surface area contributed by atoms with Crippen LogP contribution in [0.1, 0.15) is 21.5 Å². The van der Waals surface area contributed by atoms with Crippen LogP contribution in [0.3, 0.4) is 0 Å². The van der Waals surface area contributed by atoms with Crippen LogP contribution in [0.4, 0.5) is 0 Å². The summed E-state index contributed by atoms with van der Waals surface area (Å²) >= 11 is 7.25. The van der Waals surface area contributed by atoms with Crippen LogP contribution in [-0.4, -0.2) is 7.11 Å². The van der Waals surface area contributed by atoms with Gasteiger partial charge in [-0.15, -0.1) is 0 Å². The highest BCUT2D eigenvalue weighted by atomic mass is 79.9. The van der Waals surface area contributed by atoms with Crippen LogP contribution in [-0.2, 0) is 0 Å². The van der Waals surface area contributed by atoms with Crippen LogP contribution in [0.5, 0.6) is 5.75 Å². The van der Waals surface area contributed by atoms with E-state index in [1.54, 1.807) is 7.11 Å². The number of halogens is 2. The molecule has 0 aromatic heterocycles. The van der Waals surface area contributed by atoms with Crippen LogP contribution < -0.4 is 4.74 Å². The molecule has 0 aliphatic heterocycles. The van der Waals surface area contributed by atoms with E-state index in [1.165, 1.54) is 11.1 Å². The van der Waals surface area contributed by atoms with Crippen LogP contribution in [0.15, 0.2) is 46.9 Å². The van der Waals surface area contributed by atoms with E-state index < -0.39 is 0 Å². The second kappa shape index (κ2) is 5.89. The average Bonchev–Trinajstić information content (AvgIpc) is 2.37. The second-order valence-corrected chi connectivity index (χ2v) is 5.98. The Balaban J connectivity index is 2.34. The normalized spacial score (nSPS) is 12.2. The SMILES string of the molecule is COc1ccc(C(Br)c2cccc(Br)c2)cc1C. The monoisotopic (exact) mass is 368 g/mol. The number of aryl methyl sites for hydroxylation is 1. The summed E-state index contributed by atoms with van der Waals surface area (Å²) in [6.07, 6.45) is 0. The molecule has 1 unspecified atom stereocenters. The Labute approximate surface area is 124 Å². The Bertz CT molecular complexity index is 552. The molecule has 0 bridgehead atoms. The van der Waals surface area contributed by atoms with Crippen molar-refractivity contribution in [2.75, 3.05) is 7.11 Å². The predicted molar refractivity (Wildman–Crippen MR) is 82.6 cm³/mol. The van der Waals surface area contributed by atoms with Gasteiger partial charge in [0.25, 0.3) is 0 Å². The molecule has 0 saturated heterocycles. The van der Waals surface area contributed by atoms with Gasteiger partial charge in [0.15, 0.2) is 0 Å². The molecule has 0 radical (unpaired) electrons. The summed E-state index contributed by atoms with van der Waals surface area (Å²) in [5.74, 6) is 0.924. The summed E-state index contributed by atoms with van der Waals surface area (Å²) in [7, 11) is 1.70. The Hall–Kier alpha value is -0.800. The first-order chi connectivity index (χ1) is 8.61. The zero-order chi connectivity index (χ0) is 13.1. The lowest BCUT2D eigenvalue weighted by atomic mass is 10.0. The van der Waals surface area contributed by atoms with Crippen molar-refractivity contribution in [1.29, 1.82) is 0 Å². The zero-order valence-corrected chi connectivity index (χ0v) is 13.5. The lowest BCUT2D eigenvalue weighted by Gasteiger charge is -2.13. The van der Waals surface area contributed by atoms with E-state index >= 15 is 0 Å². The van der Waals surface area contributed by atoms with Crippen LogP contribution >= 0.6 is 31.9 Å². The van der Waals surface area contributed by atoms with E-state index in [9.17, 15) is 0 Å². The summed E-state index contributed by atoms with van der Waals surface area (Å²) in [6, 6.07) is 14.6. The Morgan fingerprint density at radius 1 is 1.06 bits per heavy atom. The van der Waals surface area contributed by atoms with Gasteiger partial charge in [-0.05, 0) is 41.8 Å². The van der Waals surface area contributed by atoms with Gasteiger partial charge in [-0.25, -0.2) is 0 Å². The van der Waals surface area contributed by atoms with Crippen LogP contribution in [0, 0.1) is 6.92 Å². The fourth-order valence-electron chi connectivity index (χ4n) is 1.92. The molecule has 0 aliphatic carbocycles. The summed E-state index contributed by atoms with van der Waals surface area (Å²) in [6.45, 7) is 2.06. The number of benzene rings is 2. The molecule has 0 saturated carbocycles. The molecule has 2 aromatic carbocycles. The smallest absolute Gasteiger partial charge is 0.121 e. The van der Waals surface area contributed by atoms with E-state index in [-0.39, 0.29) is 4.83 Å². The van der Waals surface area contributed by atoms with E-state index in [4.69, 9.17) is 4.74 Å². The highest BCUT2D eigenvalue weighted by Crippen LogP contribution is 2.34. The largest absolute Gasteiger partial charge is 0.496 e. The maximum absolute atomic E-state index is 5.28. The molecule has 0 heterocycles. The van der Waals surface area contributed by atoms with Crippen molar-refractivity contribution in [1.82, 2.24) is 0 Å². The Kier molecular flexibility index (Phi) is 4.46. The number of rotatable bonds is 3. The third-order valence-electron chi connectivity index (χ3n) is 2.85. The first-order valence-electron chi connectivity index (χ1n) is 5.66. The lowest BCUT2D eigenvalue weighted by molar-refractivity contribution is 0.411. The van der Waals surface area contributed by atoms with E-state index in [0.717, 1.165) is 15.8 Å². The molecule has 1 atom stereocenters. The summed E-state index contributed by atoms with van der Waals surface area (Å²) in [5, 5.41) is 0. The van der Waals surface area contributed by atoms with Gasteiger partial charge in [0.1, 0.15) is 5.75 Å². The third-order valence-corrected chi connectivity index (χ3v) is 4.40. The van der Waals surface area contributed by atoms with Gasteiger partial charge in [-0.3, -0.25) is 0 Å². The standard InChI is InChI=1S/C15H14Br2O/c1-10-8-12(6-7-14(10)18-2)15(17)11-4-3-5-13(16)9-11/h3-9,15H,1-2H3. The number of alkyl halides is 1. The van der Waals surface area contributed by atoms with Crippen LogP contribution in [0.2, 0.25) is 0 Å². The minimum atomic E-state index is 0.194. The van der Waals surface area contributed by atoms with E-state index in [2.05, 4.69) is 63.0 Å². The summed E-state index contributed by atoms with van der Waals surface area (Å²) in [5.41, 5.74) is 3.61. The van der Waals surface area contributed by atoms with Crippen LogP contribution in [0.25, 0.3) is 0 Å². The molecule has 18 heavy (non-hydrogen) atoms. The van der Waals surface area contributed by atoms with Crippen molar-refractivity contribution in [3.05, 3.63) is 63.6 Å². The van der Waals surface area contributed by atoms with Crippen molar-refractivity contribution < 1.29 is 4.74 Å². The van der Waals surface area contributed by atoms with E-state index in [1.807, 2.05) is 18.2 Å². The lowest BCUT2D eigenvalue weighted by Crippen LogP contribution is -1.95. The highest BCUT2D eigenvalue weighted by molar-refractivity contribution is 9.10. The number of methoxy groups -OCH3 is 1. The maximum Gasteiger partial charge on any atom is 0.121 e. The molecule has 2 aromatic rings. The summed E-state index contributed by atoms with van der Waals surface area (Å²) < 4.78 is 6.37. The Morgan fingerprint density at radius 3 is 2.39 bits per heavy atom. The number of hydrogen-bond acceptors (Lipinski definition) is 1. The second-order valence-electron chi connectivity index (χ2n) is 4.15. The predicted octanol–water partition coefficient (Wildman–Crippen LogP) is 5.25. The van der Waals surface area contributed by atoms with Gasteiger partial charge in [-0.1, -0.05) is 56.1 Å². The number of ether oxygens (including phenoxy) is 1. The van der Waals surface area contributed by atoms with Crippen molar-refractivity contribution in [3.63, 3.8) is 0 Å². The first-order valence-corrected chi connectivity index (χ1v) is 7.36. The molecule has 94 valence electrons. The number of hydrogen-bond donors (Lipinski definition) is 0. The quantitative estimate of drug-likeness (QED) is 0.671. The first kappa shape index (κ1) is 13.6. The van der Waals surface area contributed by atoms with Crippen molar-refractivity contribution in [2.24, 2.45) is 0 Å². The van der Waals surface area contributed by atoms with Gasteiger partial charge < -0.3 is 4.74 Å². The molecule has 0 amide bonds. The van der Waals surface area contributed by atoms with E-state index in [0.29, 0.717) is 0 Å². The molecule has 0 fully saturated rings. The highest BCUT2D eigenvalue weighted by Gasteiger charge is 2.11. The van der Waals surface area contributed by atoms with Crippen molar-refractivity contribution in [3.8, 4) is 5.75 Å². The topological polar surface area (TPSA) is 9.23 Å². The molecular formula is C15H14Br2O. The summed E-state index contributed by atoms with van der Waals surface area (Å²) in [4.78, 5) is 0.194. The molecule has 0 N–H and O–H groups in total. The van der Waals surface area contributed by atoms with Gasteiger partial charge in [0, 0.05) is 4.47 Å². The molecule has 2 rings (SSSR count). The maximum atomic E-state index is 5.28. The third kappa shape index (κ3) is 2.96. The average molecular weight is 370 g/mol. The van der Waals surface area contributed by atoms with Crippen molar-refractivity contribution >= 4 is 31.9 Å². The fraction of sp³-hybridized carbons (Fsp3) is 0.200. The molecule has 3 heteroatoms. The van der Waals surface area contributed by atoms with Gasteiger partial charge in [0.05, 0.1) is 11.9 Å². The van der Waals surface area contributed by atoms with Gasteiger partial charge in [-0.2, -0.15) is 0 Å². The molecular weight excluding hydrogens is 356 g/mol. The Morgan fingerprint density at radius 2 is 1.78 bits per heavy atom. The minimum absolute atomic E-state index is 0.194. The fourth-order valence-corrected chi connectivity index (χ4v) is 2.90. The molecule has 1 nitrogen and oxygen atoms in total. The van der Waals surface area contributed by atoms with Gasteiger partial charge in [0.2, 0.25) is 0 Å². The zero-order valence-electron chi connectivity index (χ0n) is 10.3. The molecule has 0 spiro atoms. The van der Waals surface area contributed by atoms with Crippen molar-refractivity contribution in [2.45, 2.75) is 11.8 Å². The van der Waals surface area contributed by atoms with Gasteiger partial charge >= 0.3 is 0 Å². The molecule has 0 aliphatic rings.